The van der Waals surface area contributed by atoms with E-state index in [2.05, 4.69) is 35.6 Å². The normalized spacial score (nSPS) is 28.7. The summed E-state index contributed by atoms with van der Waals surface area (Å²) < 4.78 is 0. The maximum Gasteiger partial charge on any atom is 0.0176 e. The Morgan fingerprint density at radius 2 is 1.73 bits per heavy atom. The van der Waals surface area contributed by atoms with Gasteiger partial charge < -0.3 is 5.32 Å². The highest BCUT2D eigenvalue weighted by Crippen LogP contribution is 2.46. The van der Waals surface area contributed by atoms with Crippen LogP contribution in [0.2, 0.25) is 0 Å². The first-order valence-electron chi connectivity index (χ1n) is 6.21. The predicted octanol–water partition coefficient (Wildman–Crippen LogP) is 2.86. The Bertz CT molecular complexity index is 320. The van der Waals surface area contributed by atoms with Crippen LogP contribution in [0.3, 0.4) is 0 Å². The number of nitrogens with one attached hydrogen (secondary N) is 1. The van der Waals surface area contributed by atoms with Crippen LogP contribution in [0.1, 0.15) is 37.7 Å². The maximum atomic E-state index is 3.63. The average molecular weight is 201 g/mol. The summed E-state index contributed by atoms with van der Waals surface area (Å²) in [5.74, 6) is 0. The van der Waals surface area contributed by atoms with Crippen LogP contribution < -0.4 is 5.32 Å². The molecule has 0 bridgehead atoms. The highest BCUT2D eigenvalue weighted by molar-refractivity contribution is 5.30. The first-order chi connectivity index (χ1) is 7.42. The summed E-state index contributed by atoms with van der Waals surface area (Å²) in [5.41, 5.74) is 2.04. The Labute approximate surface area is 91.9 Å². The fraction of sp³-hybridized carbons (Fsp3) is 0.571. The monoisotopic (exact) mass is 201 g/mol. The number of rotatable bonds is 2. The maximum absolute atomic E-state index is 3.63. The minimum atomic E-state index is 0.472. The summed E-state index contributed by atoms with van der Waals surface area (Å²) in [6, 6.07) is 11.9. The molecule has 2 aliphatic rings. The third-order valence-electron chi connectivity index (χ3n) is 4.34. The van der Waals surface area contributed by atoms with Gasteiger partial charge in [-0.2, -0.15) is 0 Å². The molecule has 1 nitrogen and oxygen atoms in total. The first-order valence-corrected chi connectivity index (χ1v) is 6.21. The van der Waals surface area contributed by atoms with E-state index in [0.717, 1.165) is 6.04 Å². The molecule has 0 radical (unpaired) electrons. The van der Waals surface area contributed by atoms with Gasteiger partial charge in [0.25, 0.3) is 0 Å². The molecule has 1 saturated carbocycles. The third kappa shape index (κ3) is 1.41. The molecule has 0 spiro atoms. The zero-order valence-electron chi connectivity index (χ0n) is 9.21. The van der Waals surface area contributed by atoms with Gasteiger partial charge in [0, 0.05) is 11.5 Å². The molecule has 1 aromatic carbocycles. The van der Waals surface area contributed by atoms with Gasteiger partial charge in [0.05, 0.1) is 0 Å². The molecular formula is C14H19N. The van der Waals surface area contributed by atoms with Crippen molar-refractivity contribution < 1.29 is 0 Å². The zero-order chi connectivity index (χ0) is 10.1. The van der Waals surface area contributed by atoms with E-state index < -0.39 is 0 Å². The third-order valence-corrected chi connectivity index (χ3v) is 4.34. The molecule has 1 aliphatic heterocycles. The fourth-order valence-electron chi connectivity index (χ4n) is 3.37. The van der Waals surface area contributed by atoms with Crippen molar-refractivity contribution in [3.8, 4) is 0 Å². The van der Waals surface area contributed by atoms with E-state index in [-0.39, 0.29) is 0 Å². The summed E-state index contributed by atoms with van der Waals surface area (Å²) >= 11 is 0. The molecule has 15 heavy (non-hydrogen) atoms. The van der Waals surface area contributed by atoms with Crippen LogP contribution in [0.5, 0.6) is 0 Å². The molecule has 1 aromatic rings. The first kappa shape index (κ1) is 9.41. The molecule has 1 unspecified atom stereocenters. The molecular weight excluding hydrogens is 182 g/mol. The lowest BCUT2D eigenvalue weighted by atomic mass is 9.69. The van der Waals surface area contributed by atoms with E-state index in [9.17, 15) is 0 Å². The molecule has 0 aromatic heterocycles. The van der Waals surface area contributed by atoms with Gasteiger partial charge in [0.1, 0.15) is 0 Å². The summed E-state index contributed by atoms with van der Waals surface area (Å²) in [7, 11) is 0. The van der Waals surface area contributed by atoms with Gasteiger partial charge in [0.2, 0.25) is 0 Å². The van der Waals surface area contributed by atoms with Crippen molar-refractivity contribution in [2.24, 2.45) is 0 Å². The lowest BCUT2D eigenvalue weighted by Gasteiger charge is -2.44. The second-order valence-corrected chi connectivity index (χ2v) is 5.02. The van der Waals surface area contributed by atoms with Crippen LogP contribution in [0.4, 0.5) is 0 Å². The van der Waals surface area contributed by atoms with E-state index in [1.165, 1.54) is 38.6 Å². The summed E-state index contributed by atoms with van der Waals surface area (Å²) in [6.07, 6.45) is 6.96. The van der Waals surface area contributed by atoms with Crippen molar-refractivity contribution in [3.05, 3.63) is 35.9 Å². The summed E-state index contributed by atoms with van der Waals surface area (Å²) in [5, 5.41) is 3.63. The molecule has 1 aliphatic carbocycles. The Balaban J connectivity index is 1.96. The number of hydrogen-bond acceptors (Lipinski definition) is 1. The van der Waals surface area contributed by atoms with Crippen LogP contribution in [0.15, 0.2) is 30.3 Å². The van der Waals surface area contributed by atoms with Crippen molar-refractivity contribution in [2.75, 3.05) is 6.54 Å². The second kappa shape index (κ2) is 3.64. The van der Waals surface area contributed by atoms with E-state index in [0.29, 0.717) is 5.41 Å². The van der Waals surface area contributed by atoms with Crippen LogP contribution in [-0.2, 0) is 5.41 Å². The van der Waals surface area contributed by atoms with Crippen molar-refractivity contribution in [1.29, 1.82) is 0 Å². The quantitative estimate of drug-likeness (QED) is 0.776. The van der Waals surface area contributed by atoms with Crippen LogP contribution in [0, 0.1) is 0 Å². The molecule has 1 heterocycles. The molecule has 1 saturated heterocycles. The second-order valence-electron chi connectivity index (χ2n) is 5.02. The smallest absolute Gasteiger partial charge is 0.0176 e. The minimum absolute atomic E-state index is 0.472. The van der Waals surface area contributed by atoms with Gasteiger partial charge in [-0.05, 0) is 31.4 Å². The van der Waals surface area contributed by atoms with Crippen molar-refractivity contribution in [3.63, 3.8) is 0 Å². The highest BCUT2D eigenvalue weighted by atomic mass is 15.0. The number of benzene rings is 1. The minimum Gasteiger partial charge on any atom is -0.313 e. The van der Waals surface area contributed by atoms with Crippen molar-refractivity contribution in [2.45, 2.75) is 43.6 Å². The van der Waals surface area contributed by atoms with Crippen LogP contribution in [-0.4, -0.2) is 12.6 Å². The Kier molecular flexibility index (Phi) is 2.28. The lowest BCUT2D eigenvalue weighted by molar-refractivity contribution is 0.217. The predicted molar refractivity (Wildman–Crippen MR) is 63.0 cm³/mol. The average Bonchev–Trinajstić information content (AvgIpc) is 2.67. The lowest BCUT2D eigenvalue weighted by Crippen LogP contribution is -2.55. The van der Waals surface area contributed by atoms with Gasteiger partial charge in [-0.25, -0.2) is 0 Å². The van der Waals surface area contributed by atoms with E-state index in [1.807, 2.05) is 0 Å². The molecule has 80 valence electrons. The van der Waals surface area contributed by atoms with Crippen LogP contribution in [0.25, 0.3) is 0 Å². The molecule has 1 N–H and O–H groups in total. The molecule has 0 amide bonds. The van der Waals surface area contributed by atoms with Gasteiger partial charge in [-0.15, -0.1) is 0 Å². The Morgan fingerprint density at radius 3 is 2.27 bits per heavy atom. The Hall–Kier alpha value is -0.820. The van der Waals surface area contributed by atoms with Gasteiger partial charge in [-0.1, -0.05) is 43.2 Å². The highest BCUT2D eigenvalue weighted by Gasteiger charge is 2.44. The molecule has 1 heteroatoms. The molecule has 1 atom stereocenters. The summed E-state index contributed by atoms with van der Waals surface area (Å²) in [4.78, 5) is 0. The fourth-order valence-corrected chi connectivity index (χ4v) is 3.37. The van der Waals surface area contributed by atoms with E-state index in [4.69, 9.17) is 0 Å². The SMILES string of the molecule is c1ccc(C2(C3CCN3)CCCC2)cc1. The Morgan fingerprint density at radius 1 is 1.07 bits per heavy atom. The number of hydrogen-bond donors (Lipinski definition) is 1. The largest absolute Gasteiger partial charge is 0.313 e. The van der Waals surface area contributed by atoms with Crippen LogP contribution >= 0.6 is 0 Å². The van der Waals surface area contributed by atoms with Gasteiger partial charge in [0.15, 0.2) is 0 Å². The van der Waals surface area contributed by atoms with Crippen molar-refractivity contribution >= 4 is 0 Å². The van der Waals surface area contributed by atoms with E-state index in [1.54, 1.807) is 5.56 Å². The van der Waals surface area contributed by atoms with E-state index >= 15 is 0 Å². The zero-order valence-corrected chi connectivity index (χ0v) is 9.21. The van der Waals surface area contributed by atoms with Gasteiger partial charge in [-0.3, -0.25) is 0 Å². The van der Waals surface area contributed by atoms with Gasteiger partial charge >= 0.3 is 0 Å². The summed E-state index contributed by atoms with van der Waals surface area (Å²) in [6.45, 7) is 1.22. The standard InChI is InChI=1S/C14H19N/c1-2-6-12(7-3-1)14(9-4-5-10-14)13-8-11-15-13/h1-3,6-7,13,15H,4-5,8-11H2. The van der Waals surface area contributed by atoms with Crippen molar-refractivity contribution in [1.82, 2.24) is 5.32 Å². The topological polar surface area (TPSA) is 12.0 Å². The molecule has 3 rings (SSSR count). The molecule has 2 fully saturated rings.